The summed E-state index contributed by atoms with van der Waals surface area (Å²) in [6.45, 7) is 3.25. The van der Waals surface area contributed by atoms with E-state index >= 15 is 0 Å². The minimum Gasteiger partial charge on any atom is -0.379 e. The molecule has 1 N–H and O–H groups in total. The first-order chi connectivity index (χ1) is 14.7. The van der Waals surface area contributed by atoms with Gasteiger partial charge in [0.15, 0.2) is 0 Å². The van der Waals surface area contributed by atoms with Gasteiger partial charge in [-0.25, -0.2) is 0 Å². The molecule has 2 bridgehead atoms. The molecule has 1 aromatic carbocycles. The average Bonchev–Trinajstić information content (AvgIpc) is 2.87. The zero-order valence-corrected chi connectivity index (χ0v) is 17.5. The number of aromatic amines is 1. The second kappa shape index (κ2) is 8.42. The summed E-state index contributed by atoms with van der Waals surface area (Å²) in [6.07, 6.45) is 7.55. The topological polar surface area (TPSA) is 65.6 Å². The Morgan fingerprint density at radius 3 is 2.80 bits per heavy atom. The average molecular weight is 410 g/mol. The van der Waals surface area contributed by atoms with Gasteiger partial charge in [0.05, 0.1) is 19.3 Å². The molecule has 2 aliphatic heterocycles. The molecule has 5 rings (SSSR count). The maximum atomic E-state index is 13.0. The van der Waals surface area contributed by atoms with Crippen molar-refractivity contribution in [1.29, 1.82) is 0 Å². The predicted octanol–water partition coefficient (Wildman–Crippen LogP) is 2.98. The van der Waals surface area contributed by atoms with Crippen molar-refractivity contribution in [2.24, 2.45) is 11.8 Å². The monoisotopic (exact) mass is 409 g/mol. The molecule has 6 nitrogen and oxygen atoms in total. The van der Waals surface area contributed by atoms with Crippen LogP contribution in [-0.4, -0.2) is 65.5 Å². The number of ether oxygens (including phenoxy) is 1. The molecule has 3 heterocycles. The van der Waals surface area contributed by atoms with Crippen LogP contribution in [0.15, 0.2) is 30.5 Å². The number of nitrogens with zero attached hydrogens (tertiary/aromatic N) is 2. The van der Waals surface area contributed by atoms with E-state index in [0.717, 1.165) is 44.2 Å². The Balaban J connectivity index is 1.20. The number of para-hydroxylation sites is 1. The summed E-state index contributed by atoms with van der Waals surface area (Å²) in [5.41, 5.74) is 2.42. The Morgan fingerprint density at radius 2 is 1.97 bits per heavy atom. The summed E-state index contributed by atoms with van der Waals surface area (Å²) < 4.78 is 5.84. The highest BCUT2D eigenvalue weighted by Gasteiger charge is 2.40. The molecule has 1 saturated carbocycles. The number of carbonyl (C=O) groups is 2. The third-order valence-corrected chi connectivity index (χ3v) is 7.07. The number of aryl methyl sites for hydroxylation is 1. The van der Waals surface area contributed by atoms with Crippen LogP contribution in [0.25, 0.3) is 10.9 Å². The normalized spacial score (nSPS) is 24.5. The van der Waals surface area contributed by atoms with Gasteiger partial charge < -0.3 is 19.5 Å². The fourth-order valence-corrected chi connectivity index (χ4v) is 5.13. The van der Waals surface area contributed by atoms with Crippen LogP contribution in [0, 0.1) is 11.8 Å². The Kier molecular flexibility index (Phi) is 5.50. The van der Waals surface area contributed by atoms with Gasteiger partial charge in [0, 0.05) is 55.0 Å². The quantitative estimate of drug-likeness (QED) is 0.826. The molecule has 2 saturated heterocycles. The molecule has 0 radical (unpaired) electrons. The van der Waals surface area contributed by atoms with Crippen molar-refractivity contribution >= 4 is 22.7 Å². The molecule has 3 fully saturated rings. The van der Waals surface area contributed by atoms with E-state index in [1.807, 2.05) is 15.9 Å². The van der Waals surface area contributed by atoms with Gasteiger partial charge in [-0.2, -0.15) is 0 Å². The number of fused-ring (bicyclic) bond motifs is 4. The summed E-state index contributed by atoms with van der Waals surface area (Å²) >= 11 is 0. The zero-order valence-electron chi connectivity index (χ0n) is 17.5. The van der Waals surface area contributed by atoms with Crippen molar-refractivity contribution in [1.82, 2.24) is 14.8 Å². The summed E-state index contributed by atoms with van der Waals surface area (Å²) in [5, 5.41) is 1.25. The number of nitrogens with one attached hydrogen (secondary N) is 1. The number of hydrogen-bond donors (Lipinski definition) is 1. The number of benzene rings is 1. The van der Waals surface area contributed by atoms with Crippen molar-refractivity contribution in [3.63, 3.8) is 0 Å². The largest absolute Gasteiger partial charge is 0.379 e. The molecule has 6 heteroatoms. The van der Waals surface area contributed by atoms with Gasteiger partial charge in [0.1, 0.15) is 0 Å². The smallest absolute Gasteiger partial charge is 0.226 e. The zero-order chi connectivity index (χ0) is 20.5. The summed E-state index contributed by atoms with van der Waals surface area (Å²) in [5.74, 6) is 0.920. The first-order valence-electron chi connectivity index (χ1n) is 11.4. The number of H-pyrrole nitrogens is 1. The highest BCUT2D eigenvalue weighted by molar-refractivity contribution is 5.83. The van der Waals surface area contributed by atoms with Crippen LogP contribution in [-0.2, 0) is 20.7 Å². The van der Waals surface area contributed by atoms with Crippen LogP contribution < -0.4 is 0 Å². The Bertz CT molecular complexity index is 919. The minimum atomic E-state index is 0.00293. The second-order valence-electron chi connectivity index (χ2n) is 9.19. The van der Waals surface area contributed by atoms with Gasteiger partial charge in [0.2, 0.25) is 11.8 Å². The van der Waals surface area contributed by atoms with Crippen molar-refractivity contribution in [3.05, 3.63) is 36.0 Å². The molecule has 2 atom stereocenters. The number of carbonyl (C=O) groups excluding carboxylic acids is 2. The number of rotatable bonds is 5. The van der Waals surface area contributed by atoms with Crippen molar-refractivity contribution in [3.8, 4) is 0 Å². The summed E-state index contributed by atoms with van der Waals surface area (Å²) in [4.78, 5) is 33.3. The lowest BCUT2D eigenvalue weighted by molar-refractivity contribution is -0.142. The number of amides is 2. The van der Waals surface area contributed by atoms with Crippen LogP contribution in [0.3, 0.4) is 0 Å². The van der Waals surface area contributed by atoms with Crippen LogP contribution >= 0.6 is 0 Å². The van der Waals surface area contributed by atoms with Gasteiger partial charge >= 0.3 is 0 Å². The van der Waals surface area contributed by atoms with Gasteiger partial charge in [-0.3, -0.25) is 9.59 Å². The molecule has 1 aromatic heterocycles. The standard InChI is InChI=1S/C24H31N3O3/c28-23(10-4-7-19-11-25-22-9-2-1-8-21(19)22)26-12-17-13-27(20(14-26)16-30-15-17)24(29)18-5-3-6-18/h1-2,8-9,11,17-18,20,25H,3-7,10,12-16H2/t17-,20-/m0/s1. The van der Waals surface area contributed by atoms with E-state index in [-0.39, 0.29) is 29.7 Å². The van der Waals surface area contributed by atoms with E-state index in [2.05, 4.69) is 29.4 Å². The maximum Gasteiger partial charge on any atom is 0.226 e. The van der Waals surface area contributed by atoms with Crippen molar-refractivity contribution in [2.45, 2.75) is 44.6 Å². The lowest BCUT2D eigenvalue weighted by atomic mass is 9.84. The molecule has 0 unspecified atom stereocenters. The van der Waals surface area contributed by atoms with E-state index < -0.39 is 0 Å². The Morgan fingerprint density at radius 1 is 1.10 bits per heavy atom. The Hall–Kier alpha value is -2.34. The number of aromatic nitrogens is 1. The first kappa shape index (κ1) is 19.6. The fraction of sp³-hybridized carbons (Fsp3) is 0.583. The molecule has 2 aromatic rings. The van der Waals surface area contributed by atoms with E-state index in [4.69, 9.17) is 4.74 Å². The van der Waals surface area contributed by atoms with Crippen LogP contribution in [0.2, 0.25) is 0 Å². The first-order valence-corrected chi connectivity index (χ1v) is 11.4. The van der Waals surface area contributed by atoms with Crippen molar-refractivity contribution < 1.29 is 14.3 Å². The predicted molar refractivity (Wildman–Crippen MR) is 115 cm³/mol. The summed E-state index contributed by atoms with van der Waals surface area (Å²) in [7, 11) is 0. The van der Waals surface area contributed by atoms with Crippen LogP contribution in [0.1, 0.15) is 37.7 Å². The lowest BCUT2D eigenvalue weighted by Crippen LogP contribution is -2.50. The molecular formula is C24H31N3O3. The van der Waals surface area contributed by atoms with Crippen LogP contribution in [0.4, 0.5) is 0 Å². The fourth-order valence-electron chi connectivity index (χ4n) is 5.13. The molecule has 1 aliphatic carbocycles. The minimum absolute atomic E-state index is 0.00293. The number of hydrogen-bond acceptors (Lipinski definition) is 3. The Labute approximate surface area is 177 Å². The van der Waals surface area contributed by atoms with Gasteiger partial charge in [0.25, 0.3) is 0 Å². The molecule has 3 aliphatic rings. The molecule has 2 amide bonds. The SMILES string of the molecule is O=C(CCCc1c[nH]c2ccccc12)N1C[C@@H]2COC[C@H](C1)N(C(=O)C1CCC1)C2. The van der Waals surface area contributed by atoms with E-state index in [9.17, 15) is 9.59 Å². The highest BCUT2D eigenvalue weighted by atomic mass is 16.5. The molecule has 0 spiro atoms. The van der Waals surface area contributed by atoms with Crippen molar-refractivity contribution in [2.75, 3.05) is 32.8 Å². The van der Waals surface area contributed by atoms with Gasteiger partial charge in [-0.05, 0) is 37.3 Å². The van der Waals surface area contributed by atoms with E-state index in [0.29, 0.717) is 32.7 Å². The third-order valence-electron chi connectivity index (χ3n) is 7.07. The summed E-state index contributed by atoms with van der Waals surface area (Å²) in [6, 6.07) is 8.30. The molecular weight excluding hydrogens is 378 g/mol. The van der Waals surface area contributed by atoms with E-state index in [1.165, 1.54) is 10.9 Å². The lowest BCUT2D eigenvalue weighted by Gasteiger charge is -2.35. The van der Waals surface area contributed by atoms with Gasteiger partial charge in [-0.1, -0.05) is 24.6 Å². The maximum absolute atomic E-state index is 13.0. The van der Waals surface area contributed by atoms with Gasteiger partial charge in [-0.15, -0.1) is 0 Å². The third kappa shape index (κ3) is 3.85. The second-order valence-corrected chi connectivity index (χ2v) is 9.19. The molecule has 30 heavy (non-hydrogen) atoms. The molecule has 160 valence electrons. The van der Waals surface area contributed by atoms with Crippen LogP contribution in [0.5, 0.6) is 0 Å². The van der Waals surface area contributed by atoms with E-state index in [1.54, 1.807) is 0 Å². The highest BCUT2D eigenvalue weighted by Crippen LogP contribution is 2.31.